The third-order valence-corrected chi connectivity index (χ3v) is 3.09. The van der Waals surface area contributed by atoms with Crippen molar-refractivity contribution in [3.8, 4) is 11.1 Å². The standard InChI is InChI=1S/C16H19N3O2/c1-21-9-8-19-16(20)15-14(6-3-7-18-15)13-5-2-4-12(10-13)11-17/h2-7,10H,8-9,11,17H2,1H3,(H,19,20). The van der Waals surface area contributed by atoms with Crippen LogP contribution in [0, 0.1) is 0 Å². The summed E-state index contributed by atoms with van der Waals surface area (Å²) in [6, 6.07) is 11.5. The summed E-state index contributed by atoms with van der Waals surface area (Å²) in [5.41, 5.74) is 8.82. The summed E-state index contributed by atoms with van der Waals surface area (Å²) in [5.74, 6) is -0.208. The lowest BCUT2D eigenvalue weighted by Gasteiger charge is -2.10. The van der Waals surface area contributed by atoms with Crippen molar-refractivity contribution in [1.29, 1.82) is 0 Å². The minimum atomic E-state index is -0.208. The molecule has 1 aromatic carbocycles. The van der Waals surface area contributed by atoms with E-state index in [2.05, 4.69) is 10.3 Å². The lowest BCUT2D eigenvalue weighted by Crippen LogP contribution is -2.28. The van der Waals surface area contributed by atoms with Crippen LogP contribution in [0.1, 0.15) is 16.1 Å². The van der Waals surface area contributed by atoms with E-state index in [4.69, 9.17) is 10.5 Å². The average Bonchev–Trinajstić information content (AvgIpc) is 2.55. The number of ether oxygens (including phenoxy) is 1. The van der Waals surface area contributed by atoms with E-state index in [0.717, 1.165) is 16.7 Å². The van der Waals surface area contributed by atoms with Gasteiger partial charge in [-0.25, -0.2) is 0 Å². The molecule has 0 aliphatic rings. The number of methoxy groups -OCH3 is 1. The normalized spacial score (nSPS) is 10.4. The van der Waals surface area contributed by atoms with Crippen molar-refractivity contribution >= 4 is 5.91 Å². The first kappa shape index (κ1) is 15.2. The van der Waals surface area contributed by atoms with Crippen molar-refractivity contribution in [1.82, 2.24) is 10.3 Å². The Kier molecular flexibility index (Phi) is 5.43. The molecule has 2 aromatic rings. The van der Waals surface area contributed by atoms with Crippen LogP contribution in [-0.2, 0) is 11.3 Å². The van der Waals surface area contributed by atoms with E-state index in [1.807, 2.05) is 36.4 Å². The molecule has 0 fully saturated rings. The Hall–Kier alpha value is -2.24. The van der Waals surface area contributed by atoms with Gasteiger partial charge in [-0.3, -0.25) is 9.78 Å². The highest BCUT2D eigenvalue weighted by Gasteiger charge is 2.13. The lowest BCUT2D eigenvalue weighted by atomic mass is 10.0. The Morgan fingerprint density at radius 1 is 1.33 bits per heavy atom. The molecule has 0 aliphatic heterocycles. The second kappa shape index (κ2) is 7.52. The summed E-state index contributed by atoms with van der Waals surface area (Å²) in [7, 11) is 1.59. The van der Waals surface area contributed by atoms with Gasteiger partial charge in [-0.05, 0) is 23.3 Å². The highest BCUT2D eigenvalue weighted by molar-refractivity contribution is 5.98. The molecule has 21 heavy (non-hydrogen) atoms. The predicted octanol–water partition coefficient (Wildman–Crippen LogP) is 1.58. The Balaban J connectivity index is 2.29. The Bertz CT molecular complexity index is 614. The van der Waals surface area contributed by atoms with Crippen LogP contribution in [0.2, 0.25) is 0 Å². The zero-order valence-corrected chi connectivity index (χ0v) is 12.0. The van der Waals surface area contributed by atoms with Crippen molar-refractivity contribution in [2.24, 2.45) is 5.73 Å². The smallest absolute Gasteiger partial charge is 0.270 e. The molecule has 3 N–H and O–H groups in total. The molecule has 0 saturated heterocycles. The Labute approximate surface area is 124 Å². The number of pyridine rings is 1. The van der Waals surface area contributed by atoms with E-state index in [9.17, 15) is 4.79 Å². The summed E-state index contributed by atoms with van der Waals surface area (Å²) < 4.78 is 4.92. The molecular weight excluding hydrogens is 266 g/mol. The number of nitrogens with one attached hydrogen (secondary N) is 1. The highest BCUT2D eigenvalue weighted by Crippen LogP contribution is 2.23. The quantitative estimate of drug-likeness (QED) is 0.790. The fourth-order valence-corrected chi connectivity index (χ4v) is 2.04. The van der Waals surface area contributed by atoms with E-state index in [0.29, 0.717) is 25.4 Å². The topological polar surface area (TPSA) is 77.2 Å². The third kappa shape index (κ3) is 3.87. The minimum absolute atomic E-state index is 0.208. The number of carbonyl (C=O) groups is 1. The van der Waals surface area contributed by atoms with Gasteiger partial charge < -0.3 is 15.8 Å². The molecule has 0 aliphatic carbocycles. The van der Waals surface area contributed by atoms with Crippen molar-refractivity contribution in [3.63, 3.8) is 0 Å². The molecule has 1 heterocycles. The first-order valence-corrected chi connectivity index (χ1v) is 6.77. The fraction of sp³-hybridized carbons (Fsp3) is 0.250. The average molecular weight is 285 g/mol. The minimum Gasteiger partial charge on any atom is -0.383 e. The van der Waals surface area contributed by atoms with Gasteiger partial charge in [0.2, 0.25) is 0 Å². The third-order valence-electron chi connectivity index (χ3n) is 3.09. The van der Waals surface area contributed by atoms with Crippen LogP contribution in [0.15, 0.2) is 42.6 Å². The molecule has 1 amide bonds. The van der Waals surface area contributed by atoms with Crippen molar-refractivity contribution in [3.05, 3.63) is 53.9 Å². The first-order valence-electron chi connectivity index (χ1n) is 6.77. The van der Waals surface area contributed by atoms with Gasteiger partial charge in [0.25, 0.3) is 5.91 Å². The van der Waals surface area contributed by atoms with E-state index >= 15 is 0 Å². The number of amides is 1. The zero-order valence-electron chi connectivity index (χ0n) is 12.0. The number of benzene rings is 1. The predicted molar refractivity (Wildman–Crippen MR) is 81.8 cm³/mol. The van der Waals surface area contributed by atoms with Crippen molar-refractivity contribution < 1.29 is 9.53 Å². The van der Waals surface area contributed by atoms with Crippen LogP contribution in [0.4, 0.5) is 0 Å². The molecule has 0 bridgehead atoms. The van der Waals surface area contributed by atoms with Crippen LogP contribution in [-0.4, -0.2) is 31.2 Å². The van der Waals surface area contributed by atoms with Crippen molar-refractivity contribution in [2.75, 3.05) is 20.3 Å². The highest BCUT2D eigenvalue weighted by atomic mass is 16.5. The molecule has 0 spiro atoms. The molecule has 0 saturated carbocycles. The summed E-state index contributed by atoms with van der Waals surface area (Å²) in [4.78, 5) is 16.4. The van der Waals surface area contributed by atoms with Crippen LogP contribution < -0.4 is 11.1 Å². The van der Waals surface area contributed by atoms with Gasteiger partial charge in [0.05, 0.1) is 6.61 Å². The Morgan fingerprint density at radius 3 is 2.95 bits per heavy atom. The van der Waals surface area contributed by atoms with Crippen LogP contribution in [0.25, 0.3) is 11.1 Å². The molecule has 5 heteroatoms. The van der Waals surface area contributed by atoms with Crippen LogP contribution in [0.5, 0.6) is 0 Å². The molecule has 2 rings (SSSR count). The maximum atomic E-state index is 12.2. The molecule has 1 aromatic heterocycles. The molecule has 110 valence electrons. The number of nitrogens with two attached hydrogens (primary N) is 1. The van der Waals surface area contributed by atoms with Gasteiger partial charge in [0.15, 0.2) is 0 Å². The maximum absolute atomic E-state index is 12.2. The number of hydrogen-bond donors (Lipinski definition) is 2. The molecule has 0 unspecified atom stereocenters. The number of carbonyl (C=O) groups excluding carboxylic acids is 1. The van der Waals surface area contributed by atoms with Gasteiger partial charge >= 0.3 is 0 Å². The molecule has 0 atom stereocenters. The summed E-state index contributed by atoms with van der Waals surface area (Å²) in [5, 5.41) is 2.79. The SMILES string of the molecule is COCCNC(=O)c1ncccc1-c1cccc(CN)c1. The van der Waals surface area contributed by atoms with Crippen molar-refractivity contribution in [2.45, 2.75) is 6.54 Å². The van der Waals surface area contributed by atoms with Gasteiger partial charge in [0.1, 0.15) is 5.69 Å². The second-order valence-electron chi connectivity index (χ2n) is 4.55. The largest absolute Gasteiger partial charge is 0.383 e. The molecular formula is C16H19N3O2. The number of aromatic nitrogens is 1. The van der Waals surface area contributed by atoms with Gasteiger partial charge in [-0.2, -0.15) is 0 Å². The van der Waals surface area contributed by atoms with Crippen LogP contribution in [0.3, 0.4) is 0 Å². The number of rotatable bonds is 6. The van der Waals surface area contributed by atoms with Crippen LogP contribution >= 0.6 is 0 Å². The van der Waals surface area contributed by atoms with Gasteiger partial charge in [-0.1, -0.05) is 24.3 Å². The maximum Gasteiger partial charge on any atom is 0.270 e. The van der Waals surface area contributed by atoms with E-state index in [1.54, 1.807) is 13.3 Å². The summed E-state index contributed by atoms with van der Waals surface area (Å²) in [6.07, 6.45) is 1.61. The van der Waals surface area contributed by atoms with Gasteiger partial charge in [-0.15, -0.1) is 0 Å². The Morgan fingerprint density at radius 2 is 2.19 bits per heavy atom. The number of nitrogens with zero attached hydrogens (tertiary/aromatic N) is 1. The number of hydrogen-bond acceptors (Lipinski definition) is 4. The first-order chi connectivity index (χ1) is 10.3. The zero-order chi connectivity index (χ0) is 15.1. The molecule has 0 radical (unpaired) electrons. The van der Waals surface area contributed by atoms with Gasteiger partial charge in [0, 0.05) is 32.0 Å². The van der Waals surface area contributed by atoms with E-state index < -0.39 is 0 Å². The monoisotopic (exact) mass is 285 g/mol. The van der Waals surface area contributed by atoms with E-state index in [1.165, 1.54) is 0 Å². The lowest BCUT2D eigenvalue weighted by molar-refractivity contribution is 0.0933. The van der Waals surface area contributed by atoms with E-state index in [-0.39, 0.29) is 5.91 Å². The summed E-state index contributed by atoms with van der Waals surface area (Å²) in [6.45, 7) is 1.38. The summed E-state index contributed by atoms with van der Waals surface area (Å²) >= 11 is 0. The second-order valence-corrected chi connectivity index (χ2v) is 4.55. The fourth-order valence-electron chi connectivity index (χ4n) is 2.04. The molecule has 5 nitrogen and oxygen atoms in total.